The number of carbonyl (C=O) groups is 3. The van der Waals surface area contributed by atoms with Crippen LogP contribution >= 0.6 is 0 Å². The van der Waals surface area contributed by atoms with Crippen molar-refractivity contribution in [3.05, 3.63) is 53.6 Å². The fourth-order valence-electron chi connectivity index (χ4n) is 3.24. The van der Waals surface area contributed by atoms with Gasteiger partial charge in [-0.15, -0.1) is 0 Å². The molecule has 2 N–H and O–H groups in total. The first kappa shape index (κ1) is 22.3. The highest BCUT2D eigenvalue weighted by molar-refractivity contribution is 6.06. The molecule has 0 unspecified atom stereocenters. The van der Waals surface area contributed by atoms with Crippen LogP contribution in [-0.2, 0) is 15.0 Å². The van der Waals surface area contributed by atoms with Crippen molar-refractivity contribution in [2.45, 2.75) is 39.5 Å². The number of hydrogen-bond donors (Lipinski definition) is 2. The summed E-state index contributed by atoms with van der Waals surface area (Å²) >= 11 is 0. The van der Waals surface area contributed by atoms with E-state index >= 15 is 0 Å². The third-order valence-corrected chi connectivity index (χ3v) is 5.05. The summed E-state index contributed by atoms with van der Waals surface area (Å²) in [6.45, 7) is 8.64. The molecule has 0 spiro atoms. The number of anilines is 2. The second kappa shape index (κ2) is 9.20. The van der Waals surface area contributed by atoms with Crippen molar-refractivity contribution in [1.29, 1.82) is 0 Å². The third-order valence-electron chi connectivity index (χ3n) is 5.05. The van der Waals surface area contributed by atoms with E-state index in [0.717, 1.165) is 12.0 Å². The van der Waals surface area contributed by atoms with Gasteiger partial charge in [0.2, 0.25) is 5.91 Å². The predicted octanol–water partition coefficient (Wildman–Crippen LogP) is 3.49. The lowest BCUT2D eigenvalue weighted by Gasteiger charge is -2.29. The van der Waals surface area contributed by atoms with E-state index in [1.807, 2.05) is 19.1 Å². The maximum atomic E-state index is 12.7. The van der Waals surface area contributed by atoms with Gasteiger partial charge >= 0.3 is 0 Å². The van der Waals surface area contributed by atoms with Crippen molar-refractivity contribution in [1.82, 2.24) is 5.32 Å². The number of ether oxygens (including phenoxy) is 1. The van der Waals surface area contributed by atoms with Gasteiger partial charge < -0.3 is 15.4 Å². The molecule has 0 aliphatic carbocycles. The lowest BCUT2D eigenvalue weighted by atomic mass is 9.87. The maximum Gasteiger partial charge on any atom is 0.265 e. The molecular formula is C24H29N3O4. The summed E-state index contributed by atoms with van der Waals surface area (Å²) in [7, 11) is 0. The van der Waals surface area contributed by atoms with E-state index in [9.17, 15) is 14.4 Å². The van der Waals surface area contributed by atoms with Crippen LogP contribution in [0.25, 0.3) is 0 Å². The minimum atomic E-state index is -0.305. The summed E-state index contributed by atoms with van der Waals surface area (Å²) in [4.78, 5) is 38.6. The summed E-state index contributed by atoms with van der Waals surface area (Å²) in [5.74, 6) is -0.303. The quantitative estimate of drug-likeness (QED) is 0.745. The number of benzene rings is 2. The largest absolute Gasteiger partial charge is 0.482 e. The van der Waals surface area contributed by atoms with E-state index < -0.39 is 0 Å². The van der Waals surface area contributed by atoms with Gasteiger partial charge in [-0.2, -0.15) is 0 Å². The molecule has 0 atom stereocenters. The summed E-state index contributed by atoms with van der Waals surface area (Å²) < 4.78 is 5.48. The number of amides is 3. The Labute approximate surface area is 182 Å². The molecule has 1 aliphatic rings. The van der Waals surface area contributed by atoms with E-state index in [4.69, 9.17) is 4.74 Å². The van der Waals surface area contributed by atoms with Gasteiger partial charge in [-0.25, -0.2) is 0 Å². The maximum absolute atomic E-state index is 12.7. The monoisotopic (exact) mass is 423 g/mol. The highest BCUT2D eigenvalue weighted by Gasteiger charge is 2.28. The molecule has 0 saturated carbocycles. The zero-order valence-corrected chi connectivity index (χ0v) is 18.5. The Morgan fingerprint density at radius 3 is 2.45 bits per heavy atom. The molecule has 2 aromatic rings. The van der Waals surface area contributed by atoms with Gasteiger partial charge in [0, 0.05) is 17.8 Å². The Kier molecular flexibility index (Phi) is 6.63. The molecular weight excluding hydrogens is 394 g/mol. The van der Waals surface area contributed by atoms with Crippen LogP contribution in [0.15, 0.2) is 42.5 Å². The fraction of sp³-hybridized carbons (Fsp3) is 0.375. The minimum absolute atomic E-state index is 0.00686. The van der Waals surface area contributed by atoms with Crippen LogP contribution in [0.4, 0.5) is 11.4 Å². The first-order chi connectivity index (χ1) is 14.7. The van der Waals surface area contributed by atoms with Crippen LogP contribution < -0.4 is 20.3 Å². The molecule has 0 fully saturated rings. The molecule has 164 valence electrons. The lowest BCUT2D eigenvalue weighted by molar-refractivity contribution is -0.125. The lowest BCUT2D eigenvalue weighted by Crippen LogP contribution is -2.45. The van der Waals surface area contributed by atoms with Gasteiger partial charge in [0.15, 0.2) is 6.61 Å². The topological polar surface area (TPSA) is 87.7 Å². The van der Waals surface area contributed by atoms with Crippen molar-refractivity contribution >= 4 is 29.1 Å². The number of fused-ring (bicyclic) bond motifs is 1. The summed E-state index contributed by atoms with van der Waals surface area (Å²) in [6.07, 6.45) is 0.812. The molecule has 7 nitrogen and oxygen atoms in total. The van der Waals surface area contributed by atoms with Crippen LogP contribution in [0.1, 0.15) is 50.0 Å². The minimum Gasteiger partial charge on any atom is -0.482 e. The van der Waals surface area contributed by atoms with Crippen molar-refractivity contribution in [3.63, 3.8) is 0 Å². The summed E-state index contributed by atoms with van der Waals surface area (Å²) in [5.41, 5.74) is 2.66. The van der Waals surface area contributed by atoms with E-state index in [1.165, 1.54) is 4.90 Å². The molecule has 31 heavy (non-hydrogen) atoms. The van der Waals surface area contributed by atoms with E-state index in [2.05, 4.69) is 31.4 Å². The molecule has 3 rings (SSSR count). The highest BCUT2D eigenvalue weighted by atomic mass is 16.5. The average Bonchev–Trinajstić information content (AvgIpc) is 2.74. The second-order valence-electron chi connectivity index (χ2n) is 8.58. The summed E-state index contributed by atoms with van der Waals surface area (Å²) in [6, 6.07) is 12.6. The first-order valence-electron chi connectivity index (χ1n) is 10.4. The number of nitrogens with one attached hydrogen (secondary N) is 2. The number of carbonyl (C=O) groups excluding carboxylic acids is 3. The Morgan fingerprint density at radius 1 is 1.10 bits per heavy atom. The van der Waals surface area contributed by atoms with Crippen LogP contribution in [0.5, 0.6) is 5.75 Å². The molecule has 1 aliphatic heterocycles. The number of rotatable bonds is 6. The standard InChI is InChI=1S/C24H29N3O4/c1-5-12-25-21(28)14-27-19-13-18(10-11-20(19)31-15-22(27)29)26-23(30)16-6-8-17(9-7-16)24(2,3)4/h6-11,13H,5,12,14-15H2,1-4H3,(H,25,28)(H,26,30). The smallest absolute Gasteiger partial charge is 0.265 e. The van der Waals surface area contributed by atoms with Crippen LogP contribution in [0, 0.1) is 0 Å². The highest BCUT2D eigenvalue weighted by Crippen LogP contribution is 2.34. The second-order valence-corrected chi connectivity index (χ2v) is 8.58. The summed E-state index contributed by atoms with van der Waals surface area (Å²) in [5, 5.41) is 5.63. The van der Waals surface area contributed by atoms with Gasteiger partial charge in [-0.1, -0.05) is 39.8 Å². The van der Waals surface area contributed by atoms with E-state index in [-0.39, 0.29) is 36.3 Å². The number of hydrogen-bond acceptors (Lipinski definition) is 4. The van der Waals surface area contributed by atoms with E-state index in [1.54, 1.807) is 30.3 Å². The Hall–Kier alpha value is -3.35. The molecule has 0 saturated heterocycles. The van der Waals surface area contributed by atoms with Gasteiger partial charge in [-0.05, 0) is 47.7 Å². The van der Waals surface area contributed by atoms with Gasteiger partial charge in [0.05, 0.1) is 5.69 Å². The van der Waals surface area contributed by atoms with Crippen LogP contribution in [0.2, 0.25) is 0 Å². The predicted molar refractivity (Wildman–Crippen MR) is 121 cm³/mol. The van der Waals surface area contributed by atoms with Crippen molar-refractivity contribution < 1.29 is 19.1 Å². The molecule has 1 heterocycles. The fourth-order valence-corrected chi connectivity index (χ4v) is 3.24. The first-order valence-corrected chi connectivity index (χ1v) is 10.4. The van der Waals surface area contributed by atoms with Gasteiger partial charge in [0.25, 0.3) is 11.8 Å². The van der Waals surface area contributed by atoms with Crippen LogP contribution in [-0.4, -0.2) is 37.4 Å². The van der Waals surface area contributed by atoms with Crippen molar-refractivity contribution in [3.8, 4) is 5.75 Å². The van der Waals surface area contributed by atoms with Gasteiger partial charge in [0.1, 0.15) is 12.3 Å². The van der Waals surface area contributed by atoms with Crippen molar-refractivity contribution in [2.24, 2.45) is 0 Å². The molecule has 2 aromatic carbocycles. The molecule has 3 amide bonds. The Balaban J connectivity index is 1.77. The average molecular weight is 424 g/mol. The SMILES string of the molecule is CCCNC(=O)CN1C(=O)COc2ccc(NC(=O)c3ccc(C(C)(C)C)cc3)cc21. The molecule has 7 heteroatoms. The van der Waals surface area contributed by atoms with E-state index in [0.29, 0.717) is 29.2 Å². The van der Waals surface area contributed by atoms with Crippen molar-refractivity contribution in [2.75, 3.05) is 29.9 Å². The Bertz CT molecular complexity index is 977. The molecule has 0 aromatic heterocycles. The third kappa shape index (κ3) is 5.42. The van der Waals surface area contributed by atoms with Crippen LogP contribution in [0.3, 0.4) is 0 Å². The Morgan fingerprint density at radius 2 is 1.81 bits per heavy atom. The molecule has 0 bridgehead atoms. The molecule has 0 radical (unpaired) electrons. The number of nitrogens with zero attached hydrogens (tertiary/aromatic N) is 1. The zero-order valence-electron chi connectivity index (χ0n) is 18.5. The normalized spacial score (nSPS) is 13.3. The zero-order chi connectivity index (χ0) is 22.6. The van der Waals surface area contributed by atoms with Gasteiger partial charge in [-0.3, -0.25) is 19.3 Å².